The molecule has 1 heterocycles. The van der Waals surface area contributed by atoms with Crippen molar-refractivity contribution in [3.05, 3.63) is 59.8 Å². The number of carbonyl (C=O) groups excluding carboxylic acids is 4. The van der Waals surface area contributed by atoms with Crippen molar-refractivity contribution in [2.75, 3.05) is 20.2 Å². The summed E-state index contributed by atoms with van der Waals surface area (Å²) in [5.74, 6) is -1.89. The normalized spacial score (nSPS) is 10.3. The minimum atomic E-state index is -0.718. The molecular weight excluding hydrogens is 383 g/mol. The molecule has 8 nitrogen and oxygen atoms in total. The number of halogens is 1. The van der Waals surface area contributed by atoms with Gasteiger partial charge in [-0.2, -0.15) is 0 Å². The van der Waals surface area contributed by atoms with Gasteiger partial charge in [0.25, 0.3) is 5.91 Å². The molecule has 2 amide bonds. The maximum atomic E-state index is 12.8. The van der Waals surface area contributed by atoms with Crippen LogP contribution in [0.25, 0.3) is 0 Å². The molecule has 0 aliphatic rings. The smallest absolute Gasteiger partial charge is 0.306 e. The topological polar surface area (TPSA) is 106 Å². The lowest BCUT2D eigenvalue weighted by Gasteiger charge is -2.16. The van der Waals surface area contributed by atoms with Crippen LogP contribution in [0.5, 0.6) is 0 Å². The minimum absolute atomic E-state index is 0.121. The molecule has 9 heteroatoms. The van der Waals surface area contributed by atoms with E-state index in [1.807, 2.05) is 0 Å². The molecular formula is C20H21FN2O6. The second kappa shape index (κ2) is 10.7. The van der Waals surface area contributed by atoms with Gasteiger partial charge in [0.2, 0.25) is 5.91 Å². The number of hydrogen-bond donors (Lipinski definition) is 1. The number of Topliss-reactive ketones (excluding diaryl/α,β-unsaturated/α-hetero) is 1. The predicted octanol–water partition coefficient (Wildman–Crippen LogP) is 1.70. The Hall–Kier alpha value is -3.49. The molecule has 0 unspecified atom stereocenters. The number of nitrogens with zero attached hydrogens (tertiary/aromatic N) is 1. The maximum Gasteiger partial charge on any atom is 0.306 e. The van der Waals surface area contributed by atoms with E-state index in [1.165, 1.54) is 25.4 Å². The van der Waals surface area contributed by atoms with Crippen molar-refractivity contribution in [3.8, 4) is 0 Å². The fourth-order valence-corrected chi connectivity index (χ4v) is 2.28. The van der Waals surface area contributed by atoms with Gasteiger partial charge in [-0.15, -0.1) is 0 Å². The molecule has 0 aliphatic carbocycles. The monoisotopic (exact) mass is 404 g/mol. The summed E-state index contributed by atoms with van der Waals surface area (Å²) in [6, 6.07) is 8.38. The number of hydrogen-bond acceptors (Lipinski definition) is 6. The first-order valence-corrected chi connectivity index (χ1v) is 8.82. The standard InChI is InChI=1S/C20H21FN2O6/c1-23(12-18(25)22-11-16-3-2-10-28-16)19(26)13-29-20(27)9-8-17(24)14-4-6-15(21)7-5-14/h2-7,10H,8-9,11-13H2,1H3,(H,22,25). The molecule has 0 atom stereocenters. The number of furan rings is 1. The van der Waals surface area contributed by atoms with E-state index in [2.05, 4.69) is 5.32 Å². The summed E-state index contributed by atoms with van der Waals surface area (Å²) in [4.78, 5) is 48.5. The average molecular weight is 404 g/mol. The Balaban J connectivity index is 1.65. The maximum absolute atomic E-state index is 12.8. The first kappa shape index (κ1) is 21.8. The summed E-state index contributed by atoms with van der Waals surface area (Å²) in [7, 11) is 1.40. The molecule has 1 aromatic carbocycles. The quantitative estimate of drug-likeness (QED) is 0.477. The van der Waals surface area contributed by atoms with Crippen molar-refractivity contribution in [1.82, 2.24) is 10.2 Å². The van der Waals surface area contributed by atoms with Gasteiger partial charge in [0.15, 0.2) is 12.4 Å². The molecule has 1 N–H and O–H groups in total. The van der Waals surface area contributed by atoms with Crippen LogP contribution in [0.1, 0.15) is 29.0 Å². The summed E-state index contributed by atoms with van der Waals surface area (Å²) in [5, 5.41) is 2.59. The number of likely N-dealkylation sites (N-methyl/N-ethyl adjacent to an activating group) is 1. The number of benzene rings is 1. The van der Waals surface area contributed by atoms with E-state index in [1.54, 1.807) is 12.1 Å². The molecule has 0 bridgehead atoms. The Bertz CT molecular complexity index is 848. The SMILES string of the molecule is CN(CC(=O)NCc1ccco1)C(=O)COC(=O)CCC(=O)c1ccc(F)cc1. The van der Waals surface area contributed by atoms with Gasteiger partial charge in [-0.05, 0) is 36.4 Å². The van der Waals surface area contributed by atoms with E-state index in [0.717, 1.165) is 17.0 Å². The van der Waals surface area contributed by atoms with Crippen LogP contribution in [0.15, 0.2) is 47.1 Å². The first-order chi connectivity index (χ1) is 13.8. The van der Waals surface area contributed by atoms with Crippen molar-refractivity contribution in [2.24, 2.45) is 0 Å². The number of nitrogens with one attached hydrogen (secondary N) is 1. The highest BCUT2D eigenvalue weighted by molar-refractivity contribution is 5.97. The number of ketones is 1. The zero-order chi connectivity index (χ0) is 21.2. The van der Waals surface area contributed by atoms with E-state index in [4.69, 9.17) is 9.15 Å². The highest BCUT2D eigenvalue weighted by Gasteiger charge is 2.16. The minimum Gasteiger partial charge on any atom is -0.467 e. The zero-order valence-corrected chi connectivity index (χ0v) is 15.9. The Labute approximate surface area is 166 Å². The fourth-order valence-electron chi connectivity index (χ4n) is 2.28. The number of ether oxygens (including phenoxy) is 1. The molecule has 0 fully saturated rings. The molecule has 1 aromatic heterocycles. The molecule has 2 rings (SSSR count). The number of amides is 2. The van der Waals surface area contributed by atoms with E-state index in [9.17, 15) is 23.6 Å². The molecule has 2 aromatic rings. The molecule has 0 saturated heterocycles. The van der Waals surface area contributed by atoms with Gasteiger partial charge in [-0.25, -0.2) is 4.39 Å². The summed E-state index contributed by atoms with van der Waals surface area (Å²) in [6.07, 6.45) is 1.15. The largest absolute Gasteiger partial charge is 0.467 e. The van der Waals surface area contributed by atoms with Crippen molar-refractivity contribution in [3.63, 3.8) is 0 Å². The van der Waals surface area contributed by atoms with Gasteiger partial charge >= 0.3 is 5.97 Å². The second-order valence-corrected chi connectivity index (χ2v) is 6.20. The van der Waals surface area contributed by atoms with E-state index >= 15 is 0 Å². The van der Waals surface area contributed by atoms with Gasteiger partial charge in [-0.1, -0.05) is 0 Å². The van der Waals surface area contributed by atoms with Crippen LogP contribution in [0.3, 0.4) is 0 Å². The first-order valence-electron chi connectivity index (χ1n) is 8.82. The number of carbonyl (C=O) groups is 4. The Morgan fingerprint density at radius 2 is 1.83 bits per heavy atom. The Morgan fingerprint density at radius 1 is 1.10 bits per heavy atom. The number of esters is 1. The van der Waals surface area contributed by atoms with Gasteiger partial charge < -0.3 is 19.4 Å². The zero-order valence-electron chi connectivity index (χ0n) is 15.9. The van der Waals surface area contributed by atoms with Crippen LogP contribution >= 0.6 is 0 Å². The van der Waals surface area contributed by atoms with Crippen LogP contribution in [-0.4, -0.2) is 48.7 Å². The lowest BCUT2D eigenvalue weighted by Crippen LogP contribution is -2.39. The van der Waals surface area contributed by atoms with Gasteiger partial charge in [0.05, 0.1) is 25.8 Å². The van der Waals surface area contributed by atoms with E-state index in [-0.39, 0.29) is 37.3 Å². The third-order valence-corrected chi connectivity index (χ3v) is 3.93. The Kier molecular flexibility index (Phi) is 8.08. The van der Waals surface area contributed by atoms with Crippen molar-refractivity contribution < 1.29 is 32.7 Å². The summed E-state index contributed by atoms with van der Waals surface area (Å²) in [5.41, 5.74) is 0.288. The highest BCUT2D eigenvalue weighted by atomic mass is 19.1. The molecule has 0 saturated carbocycles. The van der Waals surface area contributed by atoms with Crippen LogP contribution in [-0.2, 0) is 25.7 Å². The highest BCUT2D eigenvalue weighted by Crippen LogP contribution is 2.08. The molecule has 0 aliphatic heterocycles. The lowest BCUT2D eigenvalue weighted by atomic mass is 10.1. The summed E-state index contributed by atoms with van der Waals surface area (Å²) in [6.45, 7) is -0.545. The van der Waals surface area contributed by atoms with Gasteiger partial charge in [0, 0.05) is 19.0 Å². The van der Waals surface area contributed by atoms with E-state index in [0.29, 0.717) is 5.76 Å². The molecule has 0 radical (unpaired) electrons. The van der Waals surface area contributed by atoms with Gasteiger partial charge in [0.1, 0.15) is 11.6 Å². The lowest BCUT2D eigenvalue weighted by molar-refractivity contribution is -0.151. The van der Waals surface area contributed by atoms with Crippen LogP contribution in [0.2, 0.25) is 0 Å². The van der Waals surface area contributed by atoms with E-state index < -0.39 is 30.2 Å². The second-order valence-electron chi connectivity index (χ2n) is 6.20. The number of rotatable bonds is 10. The fraction of sp³-hybridized carbons (Fsp3) is 0.300. The van der Waals surface area contributed by atoms with Crippen molar-refractivity contribution in [2.45, 2.75) is 19.4 Å². The summed E-state index contributed by atoms with van der Waals surface area (Å²) >= 11 is 0. The average Bonchev–Trinajstić information content (AvgIpc) is 3.22. The predicted molar refractivity (Wildman–Crippen MR) is 99.1 cm³/mol. The Morgan fingerprint density at radius 3 is 2.48 bits per heavy atom. The van der Waals surface area contributed by atoms with Crippen molar-refractivity contribution >= 4 is 23.6 Å². The summed E-state index contributed by atoms with van der Waals surface area (Å²) < 4.78 is 22.8. The van der Waals surface area contributed by atoms with Crippen LogP contribution in [0, 0.1) is 5.82 Å². The van der Waals surface area contributed by atoms with Gasteiger partial charge in [-0.3, -0.25) is 19.2 Å². The van der Waals surface area contributed by atoms with Crippen molar-refractivity contribution in [1.29, 1.82) is 0 Å². The molecule has 29 heavy (non-hydrogen) atoms. The van der Waals surface area contributed by atoms with Crippen LogP contribution in [0.4, 0.5) is 4.39 Å². The molecule has 0 spiro atoms. The van der Waals surface area contributed by atoms with Crippen LogP contribution < -0.4 is 5.32 Å². The third-order valence-electron chi connectivity index (χ3n) is 3.93. The molecule has 154 valence electrons. The third kappa shape index (κ3) is 7.57.